The first-order valence-electron chi connectivity index (χ1n) is 5.02. The van der Waals surface area contributed by atoms with Crippen LogP contribution in [0.4, 0.5) is 0 Å². The normalized spacial score (nSPS) is 14.5. The largest absolute Gasteiger partial charge is 0.486 e. The molecule has 0 fully saturated rings. The van der Waals surface area contributed by atoms with Gasteiger partial charge in [0.25, 0.3) is 0 Å². The monoisotopic (exact) mass is 224 g/mol. The molecule has 0 saturated carbocycles. The molecule has 2 nitrogen and oxygen atoms in total. The van der Waals surface area contributed by atoms with Crippen molar-refractivity contribution in [3.05, 3.63) is 29.8 Å². The van der Waals surface area contributed by atoms with Gasteiger partial charge in [-0.1, -0.05) is 18.2 Å². The van der Waals surface area contributed by atoms with Crippen molar-refractivity contribution >= 4 is 17.7 Å². The molecule has 3 heteroatoms. The first-order valence-corrected chi connectivity index (χ1v) is 5.56. The highest BCUT2D eigenvalue weighted by Crippen LogP contribution is 2.31. The fraction of sp³-hybridized carbons (Fsp3) is 0.333. The Morgan fingerprint density at radius 2 is 2.00 bits per heavy atom. The van der Waals surface area contributed by atoms with E-state index in [0.717, 1.165) is 23.5 Å². The van der Waals surface area contributed by atoms with E-state index in [1.165, 1.54) is 0 Å². The van der Waals surface area contributed by atoms with Gasteiger partial charge in [-0.2, -0.15) is 0 Å². The molecule has 0 aliphatic carbocycles. The minimum absolute atomic E-state index is 0.627. The Labute approximate surface area is 94.5 Å². The summed E-state index contributed by atoms with van der Waals surface area (Å²) in [7, 11) is 0. The van der Waals surface area contributed by atoms with Crippen LogP contribution in [0.1, 0.15) is 12.0 Å². The molecule has 0 bridgehead atoms. The first kappa shape index (κ1) is 10.4. The van der Waals surface area contributed by atoms with Crippen LogP contribution in [0.15, 0.2) is 24.3 Å². The number of fused-ring (bicyclic) bond motifs is 1. The molecular formula is C12H13ClO2. The van der Waals surface area contributed by atoms with Crippen LogP contribution in [-0.2, 0) is 0 Å². The highest BCUT2D eigenvalue weighted by Gasteiger charge is 2.10. The summed E-state index contributed by atoms with van der Waals surface area (Å²) in [6, 6.07) is 5.94. The summed E-state index contributed by atoms with van der Waals surface area (Å²) >= 11 is 5.59. The minimum atomic E-state index is 0.627. The zero-order chi connectivity index (χ0) is 10.5. The third-order valence-electron chi connectivity index (χ3n) is 2.15. The highest BCUT2D eigenvalue weighted by molar-refractivity contribution is 6.17. The van der Waals surface area contributed by atoms with Gasteiger partial charge < -0.3 is 9.47 Å². The second-order valence-corrected chi connectivity index (χ2v) is 3.66. The summed E-state index contributed by atoms with van der Waals surface area (Å²) in [5.74, 6) is 2.31. The summed E-state index contributed by atoms with van der Waals surface area (Å²) in [4.78, 5) is 0. The van der Waals surface area contributed by atoms with E-state index >= 15 is 0 Å². The average molecular weight is 225 g/mol. The van der Waals surface area contributed by atoms with Crippen LogP contribution < -0.4 is 9.47 Å². The lowest BCUT2D eigenvalue weighted by Gasteiger charge is -2.18. The van der Waals surface area contributed by atoms with Crippen LogP contribution in [0.25, 0.3) is 6.08 Å². The number of allylic oxidation sites excluding steroid dienone is 1. The Morgan fingerprint density at radius 3 is 2.80 bits per heavy atom. The van der Waals surface area contributed by atoms with Crippen molar-refractivity contribution in [1.82, 2.24) is 0 Å². The average Bonchev–Trinajstić information content (AvgIpc) is 2.29. The van der Waals surface area contributed by atoms with Crippen LogP contribution >= 0.6 is 11.6 Å². The van der Waals surface area contributed by atoms with E-state index in [1.807, 2.05) is 24.3 Å². The molecule has 0 aromatic heterocycles. The van der Waals surface area contributed by atoms with Crippen molar-refractivity contribution in [2.75, 3.05) is 19.1 Å². The SMILES string of the molecule is ClCCC=Cc1ccc2c(c1)OCCO2. The number of hydrogen-bond donors (Lipinski definition) is 0. The number of halogens is 1. The zero-order valence-corrected chi connectivity index (χ0v) is 9.17. The molecule has 1 aromatic rings. The molecule has 1 aliphatic rings. The third kappa shape index (κ3) is 2.66. The highest BCUT2D eigenvalue weighted by atomic mass is 35.5. The van der Waals surface area contributed by atoms with Crippen molar-refractivity contribution in [2.24, 2.45) is 0 Å². The van der Waals surface area contributed by atoms with E-state index in [1.54, 1.807) is 0 Å². The maximum absolute atomic E-state index is 5.59. The number of ether oxygens (including phenoxy) is 2. The van der Waals surface area contributed by atoms with Crippen molar-refractivity contribution < 1.29 is 9.47 Å². The smallest absolute Gasteiger partial charge is 0.161 e. The first-order chi connectivity index (χ1) is 7.40. The summed E-state index contributed by atoms with van der Waals surface area (Å²) in [5, 5.41) is 0. The molecule has 0 saturated heterocycles. The van der Waals surface area contributed by atoms with Gasteiger partial charge in [-0.3, -0.25) is 0 Å². The molecule has 0 amide bonds. The molecule has 1 heterocycles. The molecule has 2 rings (SSSR count). The van der Waals surface area contributed by atoms with E-state index < -0.39 is 0 Å². The quantitative estimate of drug-likeness (QED) is 0.735. The van der Waals surface area contributed by atoms with Gasteiger partial charge >= 0.3 is 0 Å². The summed E-state index contributed by atoms with van der Waals surface area (Å²) in [5.41, 5.74) is 1.12. The van der Waals surface area contributed by atoms with Gasteiger partial charge in [0.05, 0.1) is 0 Å². The number of benzene rings is 1. The lowest BCUT2D eigenvalue weighted by Crippen LogP contribution is -2.15. The topological polar surface area (TPSA) is 18.5 Å². The molecule has 15 heavy (non-hydrogen) atoms. The minimum Gasteiger partial charge on any atom is -0.486 e. The van der Waals surface area contributed by atoms with Crippen molar-refractivity contribution in [1.29, 1.82) is 0 Å². The van der Waals surface area contributed by atoms with E-state index in [4.69, 9.17) is 21.1 Å². The summed E-state index contributed by atoms with van der Waals surface area (Å²) in [6.45, 7) is 1.26. The Morgan fingerprint density at radius 1 is 1.20 bits per heavy atom. The molecule has 0 spiro atoms. The fourth-order valence-electron chi connectivity index (χ4n) is 1.45. The second-order valence-electron chi connectivity index (χ2n) is 3.28. The second kappa shape index (κ2) is 5.08. The van der Waals surface area contributed by atoms with Gasteiger partial charge in [0.15, 0.2) is 11.5 Å². The van der Waals surface area contributed by atoms with Gasteiger partial charge in [-0.25, -0.2) is 0 Å². The molecule has 0 atom stereocenters. The lowest BCUT2D eigenvalue weighted by molar-refractivity contribution is 0.171. The van der Waals surface area contributed by atoms with E-state index in [0.29, 0.717) is 19.1 Å². The van der Waals surface area contributed by atoms with Crippen LogP contribution in [0, 0.1) is 0 Å². The van der Waals surface area contributed by atoms with E-state index in [-0.39, 0.29) is 0 Å². The summed E-state index contributed by atoms with van der Waals surface area (Å²) in [6.07, 6.45) is 4.98. The van der Waals surface area contributed by atoms with Gasteiger partial charge in [0, 0.05) is 5.88 Å². The van der Waals surface area contributed by atoms with E-state index in [9.17, 15) is 0 Å². The fourth-order valence-corrected chi connectivity index (χ4v) is 1.57. The molecule has 0 N–H and O–H groups in total. The van der Waals surface area contributed by atoms with Crippen molar-refractivity contribution in [3.63, 3.8) is 0 Å². The maximum atomic E-state index is 5.59. The summed E-state index contributed by atoms with van der Waals surface area (Å²) < 4.78 is 10.9. The lowest BCUT2D eigenvalue weighted by atomic mass is 10.1. The predicted molar refractivity (Wildman–Crippen MR) is 61.8 cm³/mol. The molecule has 0 unspecified atom stereocenters. The predicted octanol–water partition coefficient (Wildman–Crippen LogP) is 3.10. The Balaban J connectivity index is 2.13. The molecule has 1 aliphatic heterocycles. The van der Waals surface area contributed by atoms with Gasteiger partial charge in [-0.15, -0.1) is 11.6 Å². The molecule has 0 radical (unpaired) electrons. The number of hydrogen-bond acceptors (Lipinski definition) is 2. The van der Waals surface area contributed by atoms with Crippen molar-refractivity contribution in [3.8, 4) is 11.5 Å². The Kier molecular flexibility index (Phi) is 3.51. The molecule has 1 aromatic carbocycles. The standard InChI is InChI=1S/C12H13ClO2/c13-6-2-1-3-10-4-5-11-12(9-10)15-8-7-14-11/h1,3-5,9H,2,6-8H2. The van der Waals surface area contributed by atoms with Gasteiger partial charge in [0.1, 0.15) is 13.2 Å². The van der Waals surface area contributed by atoms with Crippen LogP contribution in [-0.4, -0.2) is 19.1 Å². The van der Waals surface area contributed by atoms with Crippen LogP contribution in [0.3, 0.4) is 0 Å². The van der Waals surface area contributed by atoms with Crippen LogP contribution in [0.5, 0.6) is 11.5 Å². The van der Waals surface area contributed by atoms with E-state index in [2.05, 4.69) is 6.08 Å². The molecular weight excluding hydrogens is 212 g/mol. The van der Waals surface area contributed by atoms with Gasteiger partial charge in [0.2, 0.25) is 0 Å². The maximum Gasteiger partial charge on any atom is 0.161 e. The Bertz CT molecular complexity index is 361. The zero-order valence-electron chi connectivity index (χ0n) is 8.41. The third-order valence-corrected chi connectivity index (χ3v) is 2.37. The number of rotatable bonds is 3. The molecule has 80 valence electrons. The number of alkyl halides is 1. The Hall–Kier alpha value is -1.15. The van der Waals surface area contributed by atoms with Gasteiger partial charge in [-0.05, 0) is 24.1 Å². The van der Waals surface area contributed by atoms with Crippen molar-refractivity contribution in [2.45, 2.75) is 6.42 Å². The van der Waals surface area contributed by atoms with Crippen LogP contribution in [0.2, 0.25) is 0 Å².